The number of anilines is 2. The highest BCUT2D eigenvalue weighted by atomic mass is 32.2. The predicted molar refractivity (Wildman–Crippen MR) is 182 cm³/mol. The molecule has 248 valence electrons. The number of benzene rings is 3. The minimum absolute atomic E-state index is 0.0383. The van der Waals surface area contributed by atoms with Crippen LogP contribution in [-0.2, 0) is 21.4 Å². The summed E-state index contributed by atoms with van der Waals surface area (Å²) < 4.78 is 41.0. The van der Waals surface area contributed by atoms with E-state index in [0.717, 1.165) is 5.69 Å². The second kappa shape index (κ2) is 12.7. The molecule has 12 nitrogen and oxygen atoms in total. The van der Waals surface area contributed by atoms with Crippen LogP contribution in [0.25, 0.3) is 22.6 Å². The summed E-state index contributed by atoms with van der Waals surface area (Å²) in [6.45, 7) is 9.74. The van der Waals surface area contributed by atoms with Crippen molar-refractivity contribution in [3.05, 3.63) is 114 Å². The number of nitrogens with zero attached hydrogens (tertiary/aromatic N) is 5. The molecule has 0 aliphatic carbocycles. The van der Waals surface area contributed by atoms with Gasteiger partial charge in [-0.2, -0.15) is 0 Å². The summed E-state index contributed by atoms with van der Waals surface area (Å²) in [6.07, 6.45) is 4.84. The van der Waals surface area contributed by atoms with Crippen molar-refractivity contribution in [1.29, 1.82) is 0 Å². The molecule has 1 amide bonds. The average molecular weight is 668 g/mol. The number of aromatic nitrogens is 2. The number of carbonyl (C=O) groups excluding carboxylic acids is 1. The molecule has 3 aromatic carbocycles. The van der Waals surface area contributed by atoms with Gasteiger partial charge in [0, 0.05) is 42.0 Å². The molecule has 1 aliphatic rings. The fourth-order valence-corrected chi connectivity index (χ4v) is 6.53. The van der Waals surface area contributed by atoms with Crippen molar-refractivity contribution in [3.8, 4) is 22.6 Å². The molecule has 48 heavy (non-hydrogen) atoms. The molecule has 0 atom stereocenters. The van der Waals surface area contributed by atoms with Crippen molar-refractivity contribution in [1.82, 2.24) is 25.6 Å². The van der Waals surface area contributed by atoms with Gasteiger partial charge in [0.2, 0.25) is 11.8 Å². The molecule has 2 aromatic heterocycles. The van der Waals surface area contributed by atoms with Crippen molar-refractivity contribution < 1.29 is 22.2 Å². The molecular weight excluding hydrogens is 630 g/mol. The van der Waals surface area contributed by atoms with E-state index in [-0.39, 0.29) is 28.8 Å². The van der Waals surface area contributed by atoms with Gasteiger partial charge < -0.3 is 13.8 Å². The number of amides is 1. The molecule has 0 unspecified atom stereocenters. The molecule has 0 saturated carbocycles. The minimum atomic E-state index is -4.11. The van der Waals surface area contributed by atoms with E-state index < -0.39 is 10.0 Å². The highest BCUT2D eigenvalue weighted by Gasteiger charge is 2.34. The lowest BCUT2D eigenvalue weighted by atomic mass is 9.96. The van der Waals surface area contributed by atoms with E-state index in [0.29, 0.717) is 45.1 Å². The molecule has 0 saturated heterocycles. The maximum Gasteiger partial charge on any atom is 0.273 e. The number of sulfonamides is 1. The molecule has 0 fully saturated rings. The number of para-hydroxylation sites is 1. The molecule has 0 spiro atoms. The maximum absolute atomic E-state index is 14.2. The number of rotatable bonds is 9. The zero-order valence-electron chi connectivity index (χ0n) is 27.6. The molecule has 1 aliphatic heterocycles. The second-order valence-corrected chi connectivity index (χ2v) is 14.2. The second-order valence-electron chi connectivity index (χ2n) is 12.5. The average Bonchev–Trinajstić information content (AvgIpc) is 3.83. The Morgan fingerprint density at radius 3 is 2.40 bits per heavy atom. The maximum atomic E-state index is 14.2. The lowest BCUT2D eigenvalue weighted by Gasteiger charge is -2.33. The topological polar surface area (TPSA) is 137 Å². The first-order chi connectivity index (χ1) is 22.8. The van der Waals surface area contributed by atoms with Crippen molar-refractivity contribution >= 4 is 27.5 Å². The number of hydrogen-bond acceptors (Lipinski definition) is 10. The van der Waals surface area contributed by atoms with Crippen LogP contribution in [-0.4, -0.2) is 47.0 Å². The van der Waals surface area contributed by atoms with Gasteiger partial charge in [-0.15, -0.1) is 5.53 Å². The van der Waals surface area contributed by atoms with E-state index in [2.05, 4.69) is 20.4 Å². The molecule has 0 bridgehead atoms. The number of oxazole rings is 1. The molecular formula is C35H37N7O5S. The van der Waals surface area contributed by atoms with Gasteiger partial charge in [0.15, 0.2) is 0 Å². The van der Waals surface area contributed by atoms with Crippen LogP contribution < -0.4 is 15.3 Å². The van der Waals surface area contributed by atoms with Crippen LogP contribution in [0.3, 0.4) is 0 Å². The zero-order valence-corrected chi connectivity index (χ0v) is 28.4. The van der Waals surface area contributed by atoms with E-state index in [1.54, 1.807) is 61.4 Å². The lowest BCUT2D eigenvalue weighted by Crippen LogP contribution is -2.50. The summed E-state index contributed by atoms with van der Waals surface area (Å²) in [6, 6.07) is 21.8. The fourth-order valence-electron chi connectivity index (χ4n) is 5.26. The van der Waals surface area contributed by atoms with Gasteiger partial charge in [0.25, 0.3) is 15.9 Å². The Kier molecular flexibility index (Phi) is 8.58. The van der Waals surface area contributed by atoms with Crippen molar-refractivity contribution in [2.75, 3.05) is 16.8 Å². The zero-order chi connectivity index (χ0) is 34.2. The van der Waals surface area contributed by atoms with Crippen molar-refractivity contribution in [2.45, 2.75) is 51.6 Å². The van der Waals surface area contributed by atoms with E-state index in [4.69, 9.17) is 8.94 Å². The van der Waals surface area contributed by atoms with Crippen LogP contribution in [0.1, 0.15) is 37.6 Å². The van der Waals surface area contributed by atoms with Gasteiger partial charge in [-0.1, -0.05) is 47.6 Å². The number of hydrogen-bond donors (Lipinski definition) is 2. The first-order valence-electron chi connectivity index (χ1n) is 15.3. The fraction of sp³-hybridized carbons (Fsp3) is 0.229. The monoisotopic (exact) mass is 667 g/mol. The summed E-state index contributed by atoms with van der Waals surface area (Å²) in [4.78, 5) is 20.2. The third-order valence-electron chi connectivity index (χ3n) is 8.05. The van der Waals surface area contributed by atoms with E-state index >= 15 is 0 Å². The number of hydrazine groups is 2. The van der Waals surface area contributed by atoms with Crippen LogP contribution in [0.5, 0.6) is 0 Å². The van der Waals surface area contributed by atoms with Crippen molar-refractivity contribution in [3.63, 3.8) is 0 Å². The summed E-state index contributed by atoms with van der Waals surface area (Å²) in [5.74, 6) is 0.205. The Morgan fingerprint density at radius 2 is 1.73 bits per heavy atom. The number of aryl methyl sites for hydroxylation is 1. The first kappa shape index (κ1) is 32.5. The molecule has 3 heterocycles. The van der Waals surface area contributed by atoms with Gasteiger partial charge >= 0.3 is 0 Å². The number of likely N-dealkylation sites (N-methyl/N-ethyl adjacent to an activating group) is 1. The van der Waals surface area contributed by atoms with Crippen LogP contribution in [0, 0.1) is 13.8 Å². The van der Waals surface area contributed by atoms with Gasteiger partial charge in [-0.05, 0) is 76.1 Å². The highest BCUT2D eigenvalue weighted by molar-refractivity contribution is 7.92. The summed E-state index contributed by atoms with van der Waals surface area (Å²) in [5.41, 5.74) is 7.83. The Bertz CT molecular complexity index is 2080. The number of carbonyl (C=O) groups is 1. The number of nitrogens with one attached hydrogen (secondary N) is 2. The van der Waals surface area contributed by atoms with E-state index in [1.165, 1.54) is 12.3 Å². The Hall–Kier alpha value is -5.40. The van der Waals surface area contributed by atoms with Gasteiger partial charge in [-0.3, -0.25) is 14.8 Å². The van der Waals surface area contributed by atoms with Gasteiger partial charge in [-0.25, -0.2) is 18.1 Å². The summed E-state index contributed by atoms with van der Waals surface area (Å²) >= 11 is 0. The molecule has 6 rings (SSSR count). The smallest absolute Gasteiger partial charge is 0.273 e. The predicted octanol–water partition coefficient (Wildman–Crippen LogP) is 6.25. The molecule has 13 heteroatoms. The quantitative estimate of drug-likeness (QED) is 0.185. The normalized spacial score (nSPS) is 13.5. The first-order valence-corrected chi connectivity index (χ1v) is 16.8. The summed E-state index contributed by atoms with van der Waals surface area (Å²) in [5, 5.41) is 7.53. The Morgan fingerprint density at radius 1 is 1.00 bits per heavy atom. The lowest BCUT2D eigenvalue weighted by molar-refractivity contribution is -0.126. The van der Waals surface area contributed by atoms with Crippen molar-refractivity contribution in [2.24, 2.45) is 0 Å². The Labute approximate surface area is 279 Å². The van der Waals surface area contributed by atoms with Crippen LogP contribution in [0.2, 0.25) is 0 Å². The highest BCUT2D eigenvalue weighted by Crippen LogP contribution is 2.35. The largest absolute Gasteiger partial charge is 0.445 e. The third kappa shape index (κ3) is 6.42. The van der Waals surface area contributed by atoms with Gasteiger partial charge in [0.1, 0.15) is 12.0 Å². The van der Waals surface area contributed by atoms with Crippen LogP contribution >= 0.6 is 0 Å². The molecule has 2 N–H and O–H groups in total. The van der Waals surface area contributed by atoms with E-state index in [9.17, 15) is 13.2 Å². The van der Waals surface area contributed by atoms with E-state index in [1.807, 2.05) is 74.3 Å². The minimum Gasteiger partial charge on any atom is -0.445 e. The molecule has 0 radical (unpaired) electrons. The van der Waals surface area contributed by atoms with Crippen LogP contribution in [0.15, 0.2) is 111 Å². The van der Waals surface area contributed by atoms with Gasteiger partial charge in [0.05, 0.1) is 22.5 Å². The standard InChI is InChI=1S/C35H37N7O5S/c1-23-24(2)37-47-32(23)38-48(44,45)31-15-11-10-14-29(31)28-17-16-25(33-36-18-19-46-33)20-26(28)21-40(6)34(43)30-22-41(35(3,4)5)39-42(30)27-12-8-7-9-13-27/h7-20,22,38-39H,21H2,1-6H3. The summed E-state index contributed by atoms with van der Waals surface area (Å²) in [7, 11) is -2.40. The van der Waals surface area contributed by atoms with Crippen LogP contribution in [0.4, 0.5) is 11.6 Å². The SMILES string of the molecule is Cc1noc(NS(=O)(=O)c2ccccc2-c2ccc(-c3ncco3)cc2CN(C)C(=O)C2=CN(C(C)(C)C)NN2c2ccccc2)c1C. The Balaban J connectivity index is 1.39. The third-order valence-corrected chi connectivity index (χ3v) is 9.44. The molecule has 5 aromatic rings.